The molecule has 0 aliphatic carbocycles. The summed E-state index contributed by atoms with van der Waals surface area (Å²) in [6.07, 6.45) is 1.25. The van der Waals surface area contributed by atoms with Gasteiger partial charge in [-0.1, -0.05) is 60.7 Å². The van der Waals surface area contributed by atoms with Crippen LogP contribution >= 0.6 is 56.7 Å². The SMILES string of the molecule is Cc1cc(O)cc(C)c1C(=O)c1sc2cc(O)ccc2c1-c1ccc(-c2nc(OC=O)co2)cc1.Cc1cc(O)cc(C)c1C(=O)c1sc2cc(O)ccc2c1-c1ccc(-c2nc(OC=O)cs2)cc1.Cc1cc(O)ccc1C(=O)c1sc2cc(O)ccc2c1-c1ccc(-c2nc(N)cs2)cc1. The highest BCUT2D eigenvalue weighted by Gasteiger charge is 2.28. The molecule has 0 amide bonds. The maximum absolute atomic E-state index is 13.8. The molecule has 0 aliphatic heterocycles. The van der Waals surface area contributed by atoms with E-state index >= 15 is 0 Å². The molecule has 23 heteroatoms. The van der Waals surface area contributed by atoms with Gasteiger partial charge in [-0.05, 0) is 188 Å². The number of anilines is 1. The maximum atomic E-state index is 13.8. The number of phenols is 6. The lowest BCUT2D eigenvalue weighted by Gasteiger charge is -2.11. The molecule has 6 heterocycles. The number of oxazole rings is 1. The third-order valence-electron chi connectivity index (χ3n) is 16.7. The zero-order chi connectivity index (χ0) is 71.8. The van der Waals surface area contributed by atoms with Crippen molar-refractivity contribution in [2.45, 2.75) is 34.6 Å². The molecule has 0 aliphatic rings. The summed E-state index contributed by atoms with van der Waals surface area (Å²) in [5.41, 5.74) is 18.3. The number of benzene rings is 9. The lowest BCUT2D eigenvalue weighted by atomic mass is 9.93. The van der Waals surface area contributed by atoms with Crippen molar-refractivity contribution in [3.63, 3.8) is 0 Å². The summed E-state index contributed by atoms with van der Waals surface area (Å²) in [5, 5.41) is 67.3. The molecule has 0 unspecified atom stereocenters. The van der Waals surface area contributed by atoms with Crippen LogP contribution in [0.15, 0.2) is 191 Å². The van der Waals surface area contributed by atoms with E-state index in [9.17, 15) is 54.6 Å². The van der Waals surface area contributed by atoms with Gasteiger partial charge in [0.2, 0.25) is 29.1 Å². The molecule has 0 atom stereocenters. The number of phenolic OH excluding ortho intramolecular Hbond substituents is 6. The zero-order valence-electron chi connectivity index (χ0n) is 54.5. The number of carbonyl (C=O) groups is 5. The first kappa shape index (κ1) is 68.4. The van der Waals surface area contributed by atoms with Gasteiger partial charge in [0.25, 0.3) is 18.8 Å². The molecule has 15 rings (SSSR count). The number of thiazole rings is 2. The van der Waals surface area contributed by atoms with E-state index in [2.05, 4.69) is 15.0 Å². The molecule has 0 fully saturated rings. The largest absolute Gasteiger partial charge is 0.508 e. The Balaban J connectivity index is 0.000000137. The Kier molecular flexibility index (Phi) is 19.2. The zero-order valence-corrected chi connectivity index (χ0v) is 58.5. The summed E-state index contributed by atoms with van der Waals surface area (Å²) < 4.78 is 17.3. The fourth-order valence-corrected chi connectivity index (χ4v) is 17.3. The van der Waals surface area contributed by atoms with Crippen LogP contribution in [0.25, 0.3) is 96.2 Å². The van der Waals surface area contributed by atoms with Gasteiger partial charge in [0.1, 0.15) is 50.3 Å². The van der Waals surface area contributed by atoms with Crippen LogP contribution in [-0.4, -0.2) is 75.9 Å². The number of carbonyl (C=O) groups excluding carboxylic acids is 5. The summed E-state index contributed by atoms with van der Waals surface area (Å²) in [5.74, 6) is 1.47. The maximum Gasteiger partial charge on any atom is 0.299 e. The van der Waals surface area contributed by atoms with Gasteiger partial charge in [0.05, 0.1) is 20.0 Å². The minimum atomic E-state index is -0.150. The molecule has 0 saturated heterocycles. The Morgan fingerprint density at radius 1 is 0.402 bits per heavy atom. The Morgan fingerprint density at radius 3 is 1.18 bits per heavy atom. The van der Waals surface area contributed by atoms with Crippen LogP contribution in [-0.2, 0) is 9.59 Å². The van der Waals surface area contributed by atoms with E-state index in [0.29, 0.717) is 87.9 Å². The number of nitrogens with zero attached hydrogens (tertiary/aromatic N) is 3. The van der Waals surface area contributed by atoms with Gasteiger partial charge in [-0.15, -0.1) is 56.7 Å². The monoisotopic (exact) mass is 1440 g/mol. The predicted molar refractivity (Wildman–Crippen MR) is 401 cm³/mol. The quantitative estimate of drug-likeness (QED) is 0.0349. The lowest BCUT2D eigenvalue weighted by molar-refractivity contribution is -0.121. The van der Waals surface area contributed by atoms with Gasteiger partial charge >= 0.3 is 0 Å². The van der Waals surface area contributed by atoms with Gasteiger partial charge in [0.15, 0.2) is 6.26 Å². The van der Waals surface area contributed by atoms with Crippen LogP contribution < -0.4 is 15.2 Å². The van der Waals surface area contributed by atoms with Crippen molar-refractivity contribution in [1.29, 1.82) is 0 Å². The Labute approximate surface area is 601 Å². The molecule has 15 aromatic rings. The van der Waals surface area contributed by atoms with Crippen molar-refractivity contribution in [1.82, 2.24) is 15.0 Å². The highest BCUT2D eigenvalue weighted by molar-refractivity contribution is 7.22. The Bertz CT molecular complexity index is 5520. The fraction of sp³-hybridized carbons (Fsp3) is 0.0633. The average molecular weight is 1450 g/mol. The number of ketones is 3. The van der Waals surface area contributed by atoms with Gasteiger partial charge in [-0.3, -0.25) is 24.0 Å². The van der Waals surface area contributed by atoms with E-state index in [0.717, 1.165) is 79.8 Å². The van der Waals surface area contributed by atoms with E-state index in [1.54, 1.807) is 123 Å². The number of nitrogen functional groups attached to an aromatic ring is 1. The number of ether oxygens (including phenoxy) is 2. The number of fused-ring (bicyclic) bond motifs is 3. The van der Waals surface area contributed by atoms with Gasteiger partial charge in [0, 0.05) is 85.7 Å². The number of thiophene rings is 3. The van der Waals surface area contributed by atoms with Crippen LogP contribution in [0.1, 0.15) is 73.5 Å². The molecule has 0 saturated carbocycles. The minimum absolute atomic E-state index is 0.0650. The summed E-state index contributed by atoms with van der Waals surface area (Å²) in [4.78, 5) is 76.7. The van der Waals surface area contributed by atoms with Gasteiger partial charge < -0.3 is 50.3 Å². The number of hydrogen-bond acceptors (Lipinski definition) is 23. The molecule has 0 radical (unpaired) electrons. The Hall–Kier alpha value is -12.1. The van der Waals surface area contributed by atoms with E-state index in [4.69, 9.17) is 19.6 Å². The number of rotatable bonds is 16. The molecular formula is C79H56N4O14S5. The van der Waals surface area contributed by atoms with Crippen LogP contribution in [0.4, 0.5) is 5.82 Å². The van der Waals surface area contributed by atoms with Crippen molar-refractivity contribution in [3.8, 4) is 112 Å². The van der Waals surface area contributed by atoms with Crippen molar-refractivity contribution >= 4 is 123 Å². The first-order chi connectivity index (χ1) is 49.1. The molecule has 9 aromatic carbocycles. The third-order valence-corrected chi connectivity index (χ3v) is 21.9. The van der Waals surface area contributed by atoms with Crippen LogP contribution in [0.3, 0.4) is 0 Å². The van der Waals surface area contributed by atoms with E-state index in [-0.39, 0.29) is 70.1 Å². The van der Waals surface area contributed by atoms with Crippen LogP contribution in [0.2, 0.25) is 0 Å². The minimum Gasteiger partial charge on any atom is -0.508 e. The second kappa shape index (κ2) is 28.6. The normalized spacial score (nSPS) is 11.1. The summed E-state index contributed by atoms with van der Waals surface area (Å²) in [6, 6.07) is 49.3. The van der Waals surface area contributed by atoms with Crippen LogP contribution in [0.5, 0.6) is 46.3 Å². The number of aromatic hydroxyl groups is 6. The molecule has 6 aromatic heterocycles. The van der Waals surface area contributed by atoms with Crippen molar-refractivity contribution in [2.24, 2.45) is 0 Å². The molecule has 102 heavy (non-hydrogen) atoms. The van der Waals surface area contributed by atoms with E-state index in [1.165, 1.54) is 69.0 Å². The molecule has 506 valence electrons. The second-order valence-electron chi connectivity index (χ2n) is 23.6. The van der Waals surface area contributed by atoms with Gasteiger partial charge in [-0.25, -0.2) is 9.97 Å². The lowest BCUT2D eigenvalue weighted by Crippen LogP contribution is -2.06. The molecule has 8 N–H and O–H groups in total. The summed E-state index contributed by atoms with van der Waals surface area (Å²) >= 11 is 6.85. The van der Waals surface area contributed by atoms with Crippen molar-refractivity contribution in [2.75, 3.05) is 5.73 Å². The topological polar surface area (TPSA) is 303 Å². The number of aryl methyl sites for hydroxylation is 5. The first-order valence-electron chi connectivity index (χ1n) is 31.1. The highest BCUT2D eigenvalue weighted by Crippen LogP contribution is 2.47. The van der Waals surface area contributed by atoms with Crippen molar-refractivity contribution in [3.05, 3.63) is 246 Å². The number of hydrogen-bond donors (Lipinski definition) is 7. The van der Waals surface area contributed by atoms with Gasteiger partial charge in [-0.2, -0.15) is 4.98 Å². The number of nitrogens with two attached hydrogens (primary N) is 1. The van der Waals surface area contributed by atoms with Crippen LogP contribution in [0, 0.1) is 34.6 Å². The standard InChI is InChI=1S/C27H19NO6S.C27H19NO5S2.C25H18N2O3S2/c1-14-9-19(31)10-15(2)23(14)25(32)26-24(20-8-7-18(30)11-21(20)35-26)16-3-5-17(6-4-16)27-28-22(12-33-27)34-13-29;1-14-9-19(31)10-15(2)23(14)25(32)26-24(20-8-7-18(30)11-21(20)35-26)16-3-5-17(6-4-16)27-28-22(12-34-27)33-13-29;1-13-10-16(28)6-8-18(13)23(30)24-22(19-9-7-17(29)11-20(19)32-24)14-2-4-15(5-3-14)25-27-21(26)12-31-25/h2*3-13,30-31H,1-2H3;2-12,28-29H,26H2,1H3. The molecule has 0 bridgehead atoms. The fourth-order valence-electron chi connectivity index (χ4n) is 12.2. The summed E-state index contributed by atoms with van der Waals surface area (Å²) in [7, 11) is 0. The summed E-state index contributed by atoms with van der Waals surface area (Å²) in [6.45, 7) is 9.64. The molecule has 0 spiro atoms. The molecular weight excluding hydrogens is 1390 g/mol. The second-order valence-corrected chi connectivity index (χ2v) is 28.4. The third kappa shape index (κ3) is 13.8. The average Bonchev–Trinajstić information content (AvgIpc) is 1.60. The van der Waals surface area contributed by atoms with E-state index < -0.39 is 0 Å². The first-order valence-corrected chi connectivity index (χ1v) is 35.3. The van der Waals surface area contributed by atoms with E-state index in [1.807, 2.05) is 86.6 Å². The Morgan fingerprint density at radius 2 is 0.765 bits per heavy atom. The highest BCUT2D eigenvalue weighted by atomic mass is 32.1. The smallest absolute Gasteiger partial charge is 0.299 e. The predicted octanol–water partition coefficient (Wildman–Crippen LogP) is 18.7. The number of aromatic nitrogens is 3. The molecule has 18 nitrogen and oxygen atoms in total. The van der Waals surface area contributed by atoms with Crippen molar-refractivity contribution < 1.29 is 68.5 Å².